The van der Waals surface area contributed by atoms with Gasteiger partial charge in [-0.2, -0.15) is 0 Å². The van der Waals surface area contributed by atoms with Crippen molar-refractivity contribution in [2.75, 3.05) is 27.2 Å². The second-order valence-electron chi connectivity index (χ2n) is 4.74. The van der Waals surface area contributed by atoms with Gasteiger partial charge in [-0.25, -0.2) is 0 Å². The Bertz CT molecular complexity index is 247. The molecule has 0 aromatic heterocycles. The quantitative estimate of drug-likeness (QED) is 0.507. The molecule has 1 saturated heterocycles. The third-order valence-electron chi connectivity index (χ3n) is 3.49. The minimum absolute atomic E-state index is 0.553. The van der Waals surface area contributed by atoms with Crippen molar-refractivity contribution in [2.24, 2.45) is 10.9 Å². The van der Waals surface area contributed by atoms with E-state index in [2.05, 4.69) is 27.4 Å². The molecule has 4 heteroatoms. The van der Waals surface area contributed by atoms with E-state index in [4.69, 9.17) is 0 Å². The summed E-state index contributed by atoms with van der Waals surface area (Å²) in [6.07, 6.45) is 2.81. The van der Waals surface area contributed by atoms with Crippen molar-refractivity contribution in [1.29, 1.82) is 0 Å². The molecule has 2 atom stereocenters. The zero-order valence-electron chi connectivity index (χ0n) is 9.95. The minimum Gasteiger partial charge on any atom is -0.359 e. The molecule has 86 valence electrons. The van der Waals surface area contributed by atoms with Crippen LogP contribution in [0.3, 0.4) is 0 Å². The highest BCUT2D eigenvalue weighted by Crippen LogP contribution is 2.31. The highest BCUT2D eigenvalue weighted by atomic mass is 15.3. The second-order valence-corrected chi connectivity index (χ2v) is 4.74. The summed E-state index contributed by atoms with van der Waals surface area (Å²) in [5.74, 6) is 1.63. The van der Waals surface area contributed by atoms with Gasteiger partial charge in [-0.1, -0.05) is 6.92 Å². The van der Waals surface area contributed by atoms with Crippen molar-refractivity contribution in [1.82, 2.24) is 15.5 Å². The lowest BCUT2D eigenvalue weighted by Gasteiger charge is -2.19. The number of likely N-dealkylation sites (tertiary alicyclic amines) is 1. The van der Waals surface area contributed by atoms with Gasteiger partial charge in [0.25, 0.3) is 0 Å². The Morgan fingerprint density at radius 3 is 2.60 bits per heavy atom. The molecule has 0 spiro atoms. The molecule has 0 aromatic rings. The second kappa shape index (κ2) is 4.39. The van der Waals surface area contributed by atoms with Crippen molar-refractivity contribution in [3.8, 4) is 0 Å². The number of hydrogen-bond donors (Lipinski definition) is 2. The van der Waals surface area contributed by atoms with E-state index in [1.54, 1.807) is 0 Å². The van der Waals surface area contributed by atoms with Crippen molar-refractivity contribution in [2.45, 2.75) is 31.8 Å². The molecular weight excluding hydrogens is 188 g/mol. The maximum Gasteiger partial charge on any atom is 0.190 e. The first kappa shape index (κ1) is 10.7. The van der Waals surface area contributed by atoms with Crippen LogP contribution in [0.25, 0.3) is 0 Å². The van der Waals surface area contributed by atoms with Crippen LogP contribution in [-0.2, 0) is 0 Å². The lowest BCUT2D eigenvalue weighted by atomic mass is 10.1. The van der Waals surface area contributed by atoms with Crippen LogP contribution in [0.4, 0.5) is 0 Å². The van der Waals surface area contributed by atoms with Gasteiger partial charge in [0.05, 0.1) is 0 Å². The number of nitrogens with one attached hydrogen (secondary N) is 2. The van der Waals surface area contributed by atoms with Crippen LogP contribution in [0.2, 0.25) is 0 Å². The number of guanidine groups is 1. The molecule has 0 amide bonds. The average Bonchev–Trinajstić information content (AvgIpc) is 3.01. The first-order chi connectivity index (χ1) is 7.24. The third kappa shape index (κ3) is 2.43. The molecule has 15 heavy (non-hydrogen) atoms. The fourth-order valence-electron chi connectivity index (χ4n) is 2.35. The standard InChI is InChI=1S/C11H22N4/c1-8-6-15(9-4-5-9)7-10(8)14-11(12-2)13-3/h8-10H,4-7H2,1-3H3,(H2,12,13,14). The van der Waals surface area contributed by atoms with Crippen LogP contribution < -0.4 is 10.6 Å². The summed E-state index contributed by atoms with van der Waals surface area (Å²) in [5, 5.41) is 6.55. The number of rotatable bonds is 2. The normalized spacial score (nSPS) is 33.1. The summed E-state index contributed by atoms with van der Waals surface area (Å²) < 4.78 is 0. The van der Waals surface area contributed by atoms with E-state index in [0.717, 1.165) is 17.9 Å². The topological polar surface area (TPSA) is 39.7 Å². The Balaban J connectivity index is 1.87. The molecule has 1 heterocycles. The van der Waals surface area contributed by atoms with Gasteiger partial charge in [0.1, 0.15) is 0 Å². The minimum atomic E-state index is 0.553. The molecule has 1 saturated carbocycles. The Labute approximate surface area is 92.1 Å². The Morgan fingerprint density at radius 2 is 2.07 bits per heavy atom. The SMILES string of the molecule is CN=C(NC)NC1CN(C2CC2)CC1C. The molecule has 0 bridgehead atoms. The van der Waals surface area contributed by atoms with Crippen LogP contribution >= 0.6 is 0 Å². The van der Waals surface area contributed by atoms with E-state index in [-0.39, 0.29) is 0 Å². The van der Waals surface area contributed by atoms with Gasteiger partial charge < -0.3 is 10.6 Å². The fraction of sp³-hybridized carbons (Fsp3) is 0.909. The molecule has 2 N–H and O–H groups in total. The van der Waals surface area contributed by atoms with Crippen LogP contribution in [-0.4, -0.2) is 50.1 Å². The molecule has 0 radical (unpaired) electrons. The van der Waals surface area contributed by atoms with Gasteiger partial charge in [0, 0.05) is 39.3 Å². The largest absolute Gasteiger partial charge is 0.359 e. The molecule has 1 aliphatic heterocycles. The molecule has 2 rings (SSSR count). The van der Waals surface area contributed by atoms with E-state index >= 15 is 0 Å². The summed E-state index contributed by atoms with van der Waals surface area (Å²) in [5.41, 5.74) is 0. The summed E-state index contributed by atoms with van der Waals surface area (Å²) in [6.45, 7) is 4.73. The zero-order valence-corrected chi connectivity index (χ0v) is 9.95. The number of aliphatic imine (C=N–C) groups is 1. The Kier molecular flexibility index (Phi) is 3.14. The zero-order chi connectivity index (χ0) is 10.8. The van der Waals surface area contributed by atoms with E-state index in [0.29, 0.717) is 6.04 Å². The van der Waals surface area contributed by atoms with Gasteiger partial charge in [-0.3, -0.25) is 9.89 Å². The molecule has 0 aromatic carbocycles. The van der Waals surface area contributed by atoms with E-state index < -0.39 is 0 Å². The van der Waals surface area contributed by atoms with Crippen LogP contribution in [0, 0.1) is 5.92 Å². The Morgan fingerprint density at radius 1 is 1.33 bits per heavy atom. The van der Waals surface area contributed by atoms with Crippen molar-refractivity contribution >= 4 is 5.96 Å². The molecule has 4 nitrogen and oxygen atoms in total. The molecule has 2 fully saturated rings. The van der Waals surface area contributed by atoms with E-state index in [1.807, 2.05) is 14.1 Å². The monoisotopic (exact) mass is 210 g/mol. The lowest BCUT2D eigenvalue weighted by molar-refractivity contribution is 0.315. The highest BCUT2D eigenvalue weighted by molar-refractivity contribution is 5.79. The average molecular weight is 210 g/mol. The predicted molar refractivity (Wildman–Crippen MR) is 63.1 cm³/mol. The van der Waals surface area contributed by atoms with Crippen molar-refractivity contribution in [3.05, 3.63) is 0 Å². The van der Waals surface area contributed by atoms with Gasteiger partial charge in [-0.05, 0) is 18.8 Å². The van der Waals surface area contributed by atoms with Crippen LogP contribution in [0.5, 0.6) is 0 Å². The predicted octanol–water partition coefficient (Wildman–Crippen LogP) is 0.264. The van der Waals surface area contributed by atoms with Gasteiger partial charge in [0.2, 0.25) is 0 Å². The third-order valence-corrected chi connectivity index (χ3v) is 3.49. The summed E-state index contributed by atoms with van der Waals surface area (Å²) in [7, 11) is 3.73. The first-order valence-corrected chi connectivity index (χ1v) is 5.89. The van der Waals surface area contributed by atoms with Crippen molar-refractivity contribution in [3.63, 3.8) is 0 Å². The smallest absolute Gasteiger partial charge is 0.190 e. The summed E-state index contributed by atoms with van der Waals surface area (Å²) >= 11 is 0. The van der Waals surface area contributed by atoms with Gasteiger partial charge >= 0.3 is 0 Å². The molecule has 1 aliphatic carbocycles. The van der Waals surface area contributed by atoms with E-state index in [9.17, 15) is 0 Å². The Hall–Kier alpha value is -0.770. The van der Waals surface area contributed by atoms with Gasteiger partial charge in [0.15, 0.2) is 5.96 Å². The number of hydrogen-bond acceptors (Lipinski definition) is 2. The maximum atomic E-state index is 4.17. The summed E-state index contributed by atoms with van der Waals surface area (Å²) in [4.78, 5) is 6.78. The first-order valence-electron chi connectivity index (χ1n) is 5.89. The highest BCUT2D eigenvalue weighted by Gasteiger charge is 2.38. The lowest BCUT2D eigenvalue weighted by Crippen LogP contribution is -2.45. The van der Waals surface area contributed by atoms with Crippen LogP contribution in [0.15, 0.2) is 4.99 Å². The fourth-order valence-corrected chi connectivity index (χ4v) is 2.35. The van der Waals surface area contributed by atoms with Gasteiger partial charge in [-0.15, -0.1) is 0 Å². The summed E-state index contributed by atoms with van der Waals surface area (Å²) in [6, 6.07) is 1.44. The van der Waals surface area contributed by atoms with Crippen molar-refractivity contribution < 1.29 is 0 Å². The maximum absolute atomic E-state index is 4.17. The van der Waals surface area contributed by atoms with E-state index in [1.165, 1.54) is 25.9 Å². The number of nitrogens with zero attached hydrogens (tertiary/aromatic N) is 2. The molecule has 2 unspecified atom stereocenters. The molecule has 2 aliphatic rings. The van der Waals surface area contributed by atoms with Crippen LogP contribution in [0.1, 0.15) is 19.8 Å². The molecular formula is C11H22N4.